The molecule has 1 aliphatic carbocycles. The van der Waals surface area contributed by atoms with Gasteiger partial charge in [-0.3, -0.25) is 4.79 Å². The number of benzene rings is 2. The smallest absolute Gasteiger partial charge is 0.417 e. The molecule has 4 rings (SSSR count). The number of halogens is 3. The van der Waals surface area contributed by atoms with Gasteiger partial charge in [0.1, 0.15) is 11.6 Å². The fourth-order valence-corrected chi connectivity index (χ4v) is 4.09. The van der Waals surface area contributed by atoms with Gasteiger partial charge in [-0.1, -0.05) is 24.3 Å². The van der Waals surface area contributed by atoms with Crippen molar-refractivity contribution in [2.45, 2.75) is 50.9 Å². The first-order valence-corrected chi connectivity index (χ1v) is 12.0. The molecule has 1 saturated carbocycles. The summed E-state index contributed by atoms with van der Waals surface area (Å²) < 4.78 is 46.8. The number of carboxylic acid groups (broad SMARTS) is 1. The number of anilines is 1. The summed E-state index contributed by atoms with van der Waals surface area (Å²) >= 11 is 0. The zero-order valence-electron chi connectivity index (χ0n) is 20.5. The highest BCUT2D eigenvalue weighted by molar-refractivity contribution is 5.75. The summed E-state index contributed by atoms with van der Waals surface area (Å²) in [7, 11) is 0. The van der Waals surface area contributed by atoms with Gasteiger partial charge in [-0.15, -0.1) is 0 Å². The highest BCUT2D eigenvalue weighted by Gasteiger charge is 2.44. The molecule has 0 amide bonds. The molecule has 2 aromatic carbocycles. The van der Waals surface area contributed by atoms with Crippen LogP contribution in [0.1, 0.15) is 49.3 Å². The Morgan fingerprint density at radius 1 is 1.11 bits per heavy atom. The zero-order chi connectivity index (χ0) is 26.8. The molecule has 6 nitrogen and oxygen atoms in total. The number of ether oxygens (including phenoxy) is 1. The molecular weight excluding hydrogens is 485 g/mol. The average Bonchev–Trinajstić information content (AvgIpc) is 3.63. The van der Waals surface area contributed by atoms with Crippen LogP contribution in [0.4, 0.5) is 19.0 Å². The summed E-state index contributed by atoms with van der Waals surface area (Å²) in [5.74, 6) is -0.132. The molecule has 0 radical (unpaired) electrons. The van der Waals surface area contributed by atoms with Gasteiger partial charge in [-0.2, -0.15) is 13.2 Å². The first-order valence-electron chi connectivity index (χ1n) is 12.0. The van der Waals surface area contributed by atoms with Gasteiger partial charge < -0.3 is 20.3 Å². The number of carboxylic acids is 1. The van der Waals surface area contributed by atoms with Crippen molar-refractivity contribution in [2.75, 3.05) is 11.9 Å². The minimum absolute atomic E-state index is 0.0187. The third-order valence-electron chi connectivity index (χ3n) is 6.33. The van der Waals surface area contributed by atoms with E-state index >= 15 is 0 Å². The van der Waals surface area contributed by atoms with Crippen molar-refractivity contribution in [1.82, 2.24) is 4.98 Å². The van der Waals surface area contributed by atoms with Crippen LogP contribution in [0.15, 0.2) is 60.8 Å². The summed E-state index contributed by atoms with van der Waals surface area (Å²) in [6.07, 6.45) is -1.86. The normalized spacial score (nSPS) is 17.4. The number of nitrogens with one attached hydrogen (secondary N) is 1. The standard InChI is InChI=1S/C28H29F3N2O4/c1-27(2,36)11-12-37-20-7-4-18(5-8-20)22-13-17(3-9-24(22)28(29,30)31)15-32-25-10-6-19(16-33-25)21-14-23(21)26(34)35/h3-10,13,16,21,23,36H,11-12,14-15H2,1-2H3,(H,32,33)(H,34,35)/t21-,23+/m0/s1. The molecule has 3 N–H and O–H groups in total. The first kappa shape index (κ1) is 26.5. The maximum atomic E-state index is 13.7. The number of aromatic nitrogens is 1. The lowest BCUT2D eigenvalue weighted by Crippen LogP contribution is -2.21. The predicted octanol–water partition coefficient (Wildman–Crippen LogP) is 6.11. The predicted molar refractivity (Wildman–Crippen MR) is 133 cm³/mol. The summed E-state index contributed by atoms with van der Waals surface area (Å²) in [5.41, 5.74) is 0.380. The van der Waals surface area contributed by atoms with Gasteiger partial charge in [0.05, 0.1) is 23.7 Å². The Bertz CT molecular complexity index is 1240. The Morgan fingerprint density at radius 3 is 2.41 bits per heavy atom. The van der Waals surface area contributed by atoms with E-state index < -0.39 is 23.3 Å². The topological polar surface area (TPSA) is 91.7 Å². The fraction of sp³-hybridized carbons (Fsp3) is 0.357. The summed E-state index contributed by atoms with van der Waals surface area (Å²) in [4.78, 5) is 15.4. The number of hydrogen-bond donors (Lipinski definition) is 3. The number of hydrogen-bond acceptors (Lipinski definition) is 5. The molecule has 3 aromatic rings. The van der Waals surface area contributed by atoms with E-state index in [1.807, 2.05) is 6.07 Å². The summed E-state index contributed by atoms with van der Waals surface area (Å²) in [6, 6.07) is 14.0. The van der Waals surface area contributed by atoms with Crippen LogP contribution in [0, 0.1) is 5.92 Å². The van der Waals surface area contributed by atoms with Crippen LogP contribution >= 0.6 is 0 Å². The molecule has 1 heterocycles. The van der Waals surface area contributed by atoms with Gasteiger partial charge >= 0.3 is 12.1 Å². The van der Waals surface area contributed by atoms with Crippen LogP contribution in [0.3, 0.4) is 0 Å². The number of alkyl halides is 3. The van der Waals surface area contributed by atoms with Crippen LogP contribution in [0.5, 0.6) is 5.75 Å². The molecule has 0 saturated heterocycles. The van der Waals surface area contributed by atoms with Crippen LogP contribution in [-0.4, -0.2) is 33.4 Å². The van der Waals surface area contributed by atoms with E-state index in [1.54, 1.807) is 50.4 Å². The molecule has 1 aliphatic rings. The van der Waals surface area contributed by atoms with Gasteiger partial charge in [0, 0.05) is 19.2 Å². The van der Waals surface area contributed by atoms with Crippen LogP contribution in [-0.2, 0) is 17.5 Å². The average molecular weight is 515 g/mol. The molecule has 1 aromatic heterocycles. The molecule has 2 atom stereocenters. The monoisotopic (exact) mass is 514 g/mol. The van der Waals surface area contributed by atoms with Gasteiger partial charge in [0.25, 0.3) is 0 Å². The molecule has 0 bridgehead atoms. The summed E-state index contributed by atoms with van der Waals surface area (Å²) in [6.45, 7) is 3.90. The lowest BCUT2D eigenvalue weighted by Gasteiger charge is -2.17. The number of nitrogens with zero attached hydrogens (tertiary/aromatic N) is 1. The van der Waals surface area contributed by atoms with Gasteiger partial charge in [0.15, 0.2) is 0 Å². The van der Waals surface area contributed by atoms with Crippen molar-refractivity contribution in [3.8, 4) is 16.9 Å². The minimum atomic E-state index is -4.52. The van der Waals surface area contributed by atoms with Crippen molar-refractivity contribution in [3.63, 3.8) is 0 Å². The molecule has 37 heavy (non-hydrogen) atoms. The van der Waals surface area contributed by atoms with Gasteiger partial charge in [-0.05, 0) is 78.8 Å². The van der Waals surface area contributed by atoms with E-state index in [2.05, 4.69) is 10.3 Å². The van der Waals surface area contributed by atoms with Crippen molar-refractivity contribution < 1.29 is 32.9 Å². The Hall–Kier alpha value is -3.59. The molecule has 0 aliphatic heterocycles. The third kappa shape index (κ3) is 7.01. The SMILES string of the molecule is CC(C)(O)CCOc1ccc(-c2cc(CNc3ccc([C@@H]4C[C@H]4C(=O)O)cn3)ccc2C(F)(F)F)cc1. The second-order valence-electron chi connectivity index (χ2n) is 9.93. The third-order valence-corrected chi connectivity index (χ3v) is 6.33. The first-order chi connectivity index (χ1) is 17.4. The second kappa shape index (κ2) is 10.4. The molecule has 0 spiro atoms. The molecule has 1 fully saturated rings. The zero-order valence-corrected chi connectivity index (χ0v) is 20.5. The molecule has 9 heteroatoms. The van der Waals surface area contributed by atoms with Gasteiger partial charge in [0.2, 0.25) is 0 Å². The van der Waals surface area contributed by atoms with E-state index in [-0.39, 0.29) is 30.6 Å². The minimum Gasteiger partial charge on any atom is -0.493 e. The molecule has 196 valence electrons. The maximum Gasteiger partial charge on any atom is 0.417 e. The number of carbonyl (C=O) groups is 1. The Labute approximate surface area is 213 Å². The number of rotatable bonds is 10. The molecule has 0 unspecified atom stereocenters. The van der Waals surface area contributed by atoms with Crippen LogP contribution < -0.4 is 10.1 Å². The van der Waals surface area contributed by atoms with E-state index in [0.717, 1.165) is 11.6 Å². The lowest BCUT2D eigenvalue weighted by molar-refractivity contribution is -0.139. The Kier molecular flexibility index (Phi) is 7.45. The number of pyridine rings is 1. The quantitative estimate of drug-likeness (QED) is 0.303. The lowest BCUT2D eigenvalue weighted by atomic mass is 9.96. The number of aliphatic carboxylic acids is 1. The van der Waals surface area contributed by atoms with Crippen molar-refractivity contribution in [3.05, 3.63) is 77.5 Å². The fourth-order valence-electron chi connectivity index (χ4n) is 4.09. The largest absolute Gasteiger partial charge is 0.493 e. The Morgan fingerprint density at radius 2 is 1.84 bits per heavy atom. The van der Waals surface area contributed by atoms with Crippen LogP contribution in [0.25, 0.3) is 11.1 Å². The van der Waals surface area contributed by atoms with Crippen molar-refractivity contribution in [1.29, 1.82) is 0 Å². The van der Waals surface area contributed by atoms with Crippen molar-refractivity contribution in [2.24, 2.45) is 5.92 Å². The number of aliphatic hydroxyl groups is 1. The highest BCUT2D eigenvalue weighted by atomic mass is 19.4. The second-order valence-corrected chi connectivity index (χ2v) is 9.93. The van der Waals surface area contributed by atoms with E-state index in [4.69, 9.17) is 9.84 Å². The highest BCUT2D eigenvalue weighted by Crippen LogP contribution is 2.47. The van der Waals surface area contributed by atoms with E-state index in [0.29, 0.717) is 35.5 Å². The van der Waals surface area contributed by atoms with Crippen LogP contribution in [0.2, 0.25) is 0 Å². The van der Waals surface area contributed by atoms with Gasteiger partial charge in [-0.25, -0.2) is 4.98 Å². The van der Waals surface area contributed by atoms with E-state index in [9.17, 15) is 23.1 Å². The molecular formula is C28H29F3N2O4. The maximum absolute atomic E-state index is 13.7. The van der Waals surface area contributed by atoms with E-state index in [1.165, 1.54) is 12.1 Å². The Balaban J connectivity index is 1.46. The summed E-state index contributed by atoms with van der Waals surface area (Å²) in [5, 5.41) is 22.0. The van der Waals surface area contributed by atoms with Crippen molar-refractivity contribution >= 4 is 11.8 Å².